The lowest BCUT2D eigenvalue weighted by molar-refractivity contribution is 0.480. The van der Waals surface area contributed by atoms with Crippen LogP contribution >= 0.6 is 34.8 Å². The van der Waals surface area contributed by atoms with Gasteiger partial charge >= 0.3 is 0 Å². The fraction of sp³-hybridized carbons (Fsp3) is 0. The van der Waals surface area contributed by atoms with Gasteiger partial charge in [0.1, 0.15) is 33.8 Å². The van der Waals surface area contributed by atoms with Crippen LogP contribution < -0.4 is 0 Å². The fourth-order valence-electron chi connectivity index (χ4n) is 3.37. The summed E-state index contributed by atoms with van der Waals surface area (Å²) in [7, 11) is 0. The second-order valence-electron chi connectivity index (χ2n) is 7.40. The smallest absolute Gasteiger partial charge is 0.141 e. The zero-order valence-electron chi connectivity index (χ0n) is 19.1. The summed E-state index contributed by atoms with van der Waals surface area (Å²) in [6.07, 6.45) is 4.87. The molecule has 0 atom stereocenters. The number of phenolic OH excluding ortho intramolecular Hbond substituents is 3. The predicted molar refractivity (Wildman–Crippen MR) is 151 cm³/mol. The topological polar surface area (TPSA) is 99.4 Å². The Morgan fingerprint density at radius 3 is 0.946 bits per heavy atom. The van der Waals surface area contributed by atoms with E-state index in [-0.39, 0.29) is 34.6 Å². The van der Waals surface area contributed by atoms with E-state index in [9.17, 15) is 15.3 Å². The minimum Gasteiger partial charge on any atom is -0.506 e. The van der Waals surface area contributed by atoms with Gasteiger partial charge in [-0.3, -0.25) is 15.0 Å². The molecular weight excluding hydrogens is 548 g/mol. The summed E-state index contributed by atoms with van der Waals surface area (Å²) in [4.78, 5) is 12.0. The van der Waals surface area contributed by atoms with Crippen LogP contribution in [0.15, 0.2) is 91.4 Å². The molecule has 6 nitrogen and oxygen atoms in total. The minimum atomic E-state index is 0. The third-order valence-electron chi connectivity index (χ3n) is 5.09. The number of phenols is 3. The molecule has 3 aromatic carbocycles. The Kier molecular flexibility index (Phi) is 9.76. The molecule has 37 heavy (non-hydrogen) atoms. The summed E-state index contributed by atoms with van der Waals surface area (Å²) in [6.45, 7) is 0. The number of hydrogen-bond donors (Lipinski definition) is 3. The second kappa shape index (κ2) is 12.8. The molecule has 0 fully saturated rings. The molecule has 0 spiro atoms. The standard InChI is InChI=1S/3C9H6ClNO.Al/c3*10-7-3-4-8(12)9-6(7)2-1-5-11-9;/h3*1-5,12H;. The number of rotatable bonds is 0. The number of fused-ring (bicyclic) bond motifs is 3. The molecule has 3 aromatic heterocycles. The van der Waals surface area contributed by atoms with Crippen LogP contribution in [-0.4, -0.2) is 47.6 Å². The quantitative estimate of drug-likeness (QED) is 0.166. The molecule has 0 aliphatic carbocycles. The summed E-state index contributed by atoms with van der Waals surface area (Å²) in [5.74, 6) is 0.486. The average Bonchev–Trinajstić information content (AvgIpc) is 2.92. The van der Waals surface area contributed by atoms with Crippen LogP contribution in [0.25, 0.3) is 32.7 Å². The monoisotopic (exact) mass is 564 g/mol. The lowest BCUT2D eigenvalue weighted by atomic mass is 10.2. The van der Waals surface area contributed by atoms with Crippen molar-refractivity contribution in [1.29, 1.82) is 0 Å². The Balaban J connectivity index is 0.000000152. The molecule has 10 heteroatoms. The lowest BCUT2D eigenvalue weighted by Gasteiger charge is -2.00. The van der Waals surface area contributed by atoms with Crippen LogP contribution in [0.3, 0.4) is 0 Å². The van der Waals surface area contributed by atoms with E-state index in [1.807, 2.05) is 18.2 Å². The first kappa shape index (κ1) is 28.3. The highest BCUT2D eigenvalue weighted by molar-refractivity contribution is 6.36. The summed E-state index contributed by atoms with van der Waals surface area (Å²) in [6, 6.07) is 20.4. The zero-order valence-corrected chi connectivity index (χ0v) is 22.5. The molecule has 3 heterocycles. The van der Waals surface area contributed by atoms with Crippen LogP contribution in [-0.2, 0) is 0 Å². The highest BCUT2D eigenvalue weighted by Crippen LogP contribution is 2.30. The van der Waals surface area contributed by atoms with E-state index in [1.165, 1.54) is 18.2 Å². The number of nitrogens with zero attached hydrogens (tertiary/aromatic N) is 3. The molecule has 183 valence electrons. The van der Waals surface area contributed by atoms with Crippen molar-refractivity contribution >= 4 is 84.9 Å². The van der Waals surface area contributed by atoms with E-state index in [1.54, 1.807) is 55.0 Å². The summed E-state index contributed by atoms with van der Waals surface area (Å²) in [5, 5.41) is 32.3. The van der Waals surface area contributed by atoms with Gasteiger partial charge in [0.15, 0.2) is 0 Å². The van der Waals surface area contributed by atoms with Crippen molar-refractivity contribution in [3.63, 3.8) is 0 Å². The zero-order chi connectivity index (χ0) is 25.7. The molecule has 0 unspecified atom stereocenters. The molecule has 6 aromatic rings. The number of aromatic nitrogens is 3. The number of benzene rings is 3. The Hall–Kier alpha value is -3.31. The van der Waals surface area contributed by atoms with Crippen molar-refractivity contribution in [2.24, 2.45) is 0 Å². The maximum atomic E-state index is 9.37. The molecule has 0 aliphatic heterocycles. The molecule has 6 rings (SSSR count). The van der Waals surface area contributed by atoms with Crippen molar-refractivity contribution in [3.8, 4) is 17.2 Å². The van der Waals surface area contributed by atoms with Crippen LogP contribution in [0.5, 0.6) is 17.2 Å². The molecule has 3 N–H and O–H groups in total. The Labute approximate surface area is 237 Å². The van der Waals surface area contributed by atoms with E-state index in [0.29, 0.717) is 31.6 Å². The van der Waals surface area contributed by atoms with Gasteiger partial charge in [-0.1, -0.05) is 34.8 Å². The third-order valence-corrected chi connectivity index (χ3v) is 6.07. The van der Waals surface area contributed by atoms with Crippen molar-refractivity contribution in [2.75, 3.05) is 0 Å². The number of pyridine rings is 3. The van der Waals surface area contributed by atoms with Crippen molar-refractivity contribution in [3.05, 3.63) is 106 Å². The molecule has 3 radical (unpaired) electrons. The van der Waals surface area contributed by atoms with E-state index < -0.39 is 0 Å². The predicted octanol–water partition coefficient (Wildman–Crippen LogP) is 7.40. The highest BCUT2D eigenvalue weighted by atomic mass is 35.5. The fourth-order valence-corrected chi connectivity index (χ4v) is 4.02. The van der Waals surface area contributed by atoms with Gasteiger partial charge in [-0.25, -0.2) is 0 Å². The van der Waals surface area contributed by atoms with Crippen molar-refractivity contribution < 1.29 is 15.3 Å². The second-order valence-corrected chi connectivity index (χ2v) is 8.62. The molecule has 0 saturated heterocycles. The van der Waals surface area contributed by atoms with Gasteiger partial charge in [0.25, 0.3) is 0 Å². The van der Waals surface area contributed by atoms with Gasteiger partial charge in [0, 0.05) is 52.1 Å². The van der Waals surface area contributed by atoms with Crippen LogP contribution in [0, 0.1) is 0 Å². The Morgan fingerprint density at radius 1 is 0.432 bits per heavy atom. The molecular formula is C27H18AlCl3N3O3. The van der Waals surface area contributed by atoms with Gasteiger partial charge in [0.05, 0.1) is 15.1 Å². The average molecular weight is 566 g/mol. The largest absolute Gasteiger partial charge is 0.506 e. The first-order valence-electron chi connectivity index (χ1n) is 10.5. The molecule has 0 bridgehead atoms. The van der Waals surface area contributed by atoms with E-state index in [2.05, 4.69) is 15.0 Å². The maximum absolute atomic E-state index is 9.37. The number of aromatic hydroxyl groups is 3. The summed E-state index contributed by atoms with van der Waals surface area (Å²) < 4.78 is 0. The Morgan fingerprint density at radius 2 is 0.703 bits per heavy atom. The van der Waals surface area contributed by atoms with E-state index >= 15 is 0 Å². The summed E-state index contributed by atoms with van der Waals surface area (Å²) >= 11 is 17.6. The highest BCUT2D eigenvalue weighted by Gasteiger charge is 2.04. The van der Waals surface area contributed by atoms with Crippen LogP contribution in [0.4, 0.5) is 0 Å². The van der Waals surface area contributed by atoms with Crippen LogP contribution in [0.1, 0.15) is 0 Å². The molecule has 0 aliphatic rings. The lowest BCUT2D eigenvalue weighted by Crippen LogP contribution is -1.78. The van der Waals surface area contributed by atoms with Gasteiger partial charge in [-0.2, -0.15) is 0 Å². The van der Waals surface area contributed by atoms with Crippen LogP contribution in [0.2, 0.25) is 15.1 Å². The summed E-state index contributed by atoms with van der Waals surface area (Å²) in [5.41, 5.74) is 1.64. The van der Waals surface area contributed by atoms with Crippen molar-refractivity contribution in [2.45, 2.75) is 0 Å². The normalized spacial score (nSPS) is 10.1. The van der Waals surface area contributed by atoms with Gasteiger partial charge < -0.3 is 15.3 Å². The minimum absolute atomic E-state index is 0. The molecule has 0 saturated carbocycles. The number of hydrogen-bond acceptors (Lipinski definition) is 6. The van der Waals surface area contributed by atoms with Crippen molar-refractivity contribution in [1.82, 2.24) is 15.0 Å². The SMILES string of the molecule is Oc1ccc(Cl)c2cccnc12.Oc1ccc(Cl)c2cccnc12.Oc1ccc(Cl)c2cccnc12.[Al]. The number of halogens is 3. The maximum Gasteiger partial charge on any atom is 0.141 e. The van der Waals surface area contributed by atoms with E-state index in [4.69, 9.17) is 34.8 Å². The van der Waals surface area contributed by atoms with Gasteiger partial charge in [0.2, 0.25) is 0 Å². The van der Waals surface area contributed by atoms with E-state index in [0.717, 1.165) is 16.2 Å². The first-order valence-corrected chi connectivity index (χ1v) is 11.7. The Bertz CT molecular complexity index is 1370. The van der Waals surface area contributed by atoms with Gasteiger partial charge in [-0.15, -0.1) is 0 Å². The first-order chi connectivity index (χ1) is 17.4. The van der Waals surface area contributed by atoms with Gasteiger partial charge in [-0.05, 0) is 72.8 Å². The third kappa shape index (κ3) is 6.53. The molecule has 0 amide bonds.